The second kappa shape index (κ2) is 7.36. The molecule has 19 heavy (non-hydrogen) atoms. The summed E-state index contributed by atoms with van der Waals surface area (Å²) in [7, 11) is 0. The third-order valence-corrected chi connectivity index (χ3v) is 3.06. The Bertz CT molecular complexity index is 422. The summed E-state index contributed by atoms with van der Waals surface area (Å²) in [6.45, 7) is 4.85. The Hall–Kier alpha value is -1.26. The number of amides is 2. The van der Waals surface area contributed by atoms with Crippen LogP contribution in [-0.4, -0.2) is 24.3 Å². The van der Waals surface area contributed by atoms with Crippen LogP contribution in [0.2, 0.25) is 5.02 Å². The van der Waals surface area contributed by atoms with E-state index in [0.717, 1.165) is 12.8 Å². The molecule has 0 aliphatic rings. The van der Waals surface area contributed by atoms with Gasteiger partial charge >= 0.3 is 6.03 Å². The Morgan fingerprint density at radius 3 is 2.79 bits per heavy atom. The van der Waals surface area contributed by atoms with Crippen molar-refractivity contribution in [2.75, 3.05) is 18.5 Å². The average Bonchev–Trinajstić information content (AvgIpc) is 2.34. The Morgan fingerprint density at radius 2 is 2.16 bits per heavy atom. The molecule has 0 atom stereocenters. The number of urea groups is 1. The minimum Gasteiger partial charge on any atom is -0.396 e. The van der Waals surface area contributed by atoms with Crippen LogP contribution in [0, 0.1) is 5.41 Å². The normalized spacial score (nSPS) is 11.2. The first-order valence-electron chi connectivity index (χ1n) is 6.34. The van der Waals surface area contributed by atoms with E-state index in [0.29, 0.717) is 17.3 Å². The fraction of sp³-hybridized carbons (Fsp3) is 0.500. The van der Waals surface area contributed by atoms with E-state index in [4.69, 9.17) is 16.7 Å². The van der Waals surface area contributed by atoms with E-state index in [1.165, 1.54) is 0 Å². The van der Waals surface area contributed by atoms with Gasteiger partial charge in [-0.2, -0.15) is 0 Å². The van der Waals surface area contributed by atoms with Crippen LogP contribution in [0.25, 0.3) is 0 Å². The SMILES string of the molecule is CC(C)(CCCO)CNC(=O)Nc1cccc(Cl)c1. The molecule has 4 nitrogen and oxygen atoms in total. The van der Waals surface area contributed by atoms with E-state index in [9.17, 15) is 4.79 Å². The molecule has 0 radical (unpaired) electrons. The van der Waals surface area contributed by atoms with Crippen molar-refractivity contribution < 1.29 is 9.90 Å². The Morgan fingerprint density at radius 1 is 1.42 bits per heavy atom. The number of hydrogen-bond donors (Lipinski definition) is 3. The van der Waals surface area contributed by atoms with Gasteiger partial charge in [-0.25, -0.2) is 4.79 Å². The Balaban J connectivity index is 2.39. The second-order valence-electron chi connectivity index (χ2n) is 5.31. The molecule has 1 rings (SSSR count). The number of aliphatic hydroxyl groups is 1. The summed E-state index contributed by atoms with van der Waals surface area (Å²) in [5, 5.41) is 15.0. The average molecular weight is 285 g/mol. The van der Waals surface area contributed by atoms with Crippen LogP contribution in [0.15, 0.2) is 24.3 Å². The maximum Gasteiger partial charge on any atom is 0.319 e. The molecule has 0 heterocycles. The third-order valence-electron chi connectivity index (χ3n) is 2.82. The van der Waals surface area contributed by atoms with Gasteiger partial charge in [0.1, 0.15) is 0 Å². The predicted molar refractivity (Wildman–Crippen MR) is 78.6 cm³/mol. The van der Waals surface area contributed by atoms with Crippen LogP contribution in [0.5, 0.6) is 0 Å². The number of carbonyl (C=O) groups is 1. The van der Waals surface area contributed by atoms with Crippen LogP contribution in [0.4, 0.5) is 10.5 Å². The molecular weight excluding hydrogens is 264 g/mol. The summed E-state index contributed by atoms with van der Waals surface area (Å²) < 4.78 is 0. The molecule has 0 aromatic heterocycles. The lowest BCUT2D eigenvalue weighted by Gasteiger charge is -2.24. The highest BCUT2D eigenvalue weighted by molar-refractivity contribution is 6.30. The molecule has 1 aromatic rings. The van der Waals surface area contributed by atoms with Crippen LogP contribution < -0.4 is 10.6 Å². The van der Waals surface area contributed by atoms with Gasteiger partial charge < -0.3 is 15.7 Å². The lowest BCUT2D eigenvalue weighted by Crippen LogP contribution is -2.36. The topological polar surface area (TPSA) is 61.4 Å². The number of nitrogens with one attached hydrogen (secondary N) is 2. The first-order chi connectivity index (χ1) is 8.93. The third kappa shape index (κ3) is 6.45. The van der Waals surface area contributed by atoms with Crippen molar-refractivity contribution in [3.8, 4) is 0 Å². The van der Waals surface area contributed by atoms with Crippen molar-refractivity contribution in [1.82, 2.24) is 5.32 Å². The molecule has 1 aromatic carbocycles. The predicted octanol–water partition coefficient (Wildman–Crippen LogP) is 3.26. The van der Waals surface area contributed by atoms with E-state index in [-0.39, 0.29) is 18.1 Å². The number of anilines is 1. The van der Waals surface area contributed by atoms with E-state index < -0.39 is 0 Å². The van der Waals surface area contributed by atoms with Gasteiger partial charge in [0.15, 0.2) is 0 Å². The molecule has 0 aliphatic heterocycles. The Labute approximate surface area is 119 Å². The Kier molecular flexibility index (Phi) is 6.12. The summed E-state index contributed by atoms with van der Waals surface area (Å²) in [5.74, 6) is 0. The van der Waals surface area contributed by atoms with Crippen molar-refractivity contribution in [2.45, 2.75) is 26.7 Å². The summed E-state index contributed by atoms with van der Waals surface area (Å²) in [4.78, 5) is 11.7. The van der Waals surface area contributed by atoms with E-state index in [2.05, 4.69) is 24.5 Å². The van der Waals surface area contributed by atoms with Crippen LogP contribution in [0.3, 0.4) is 0 Å². The van der Waals surface area contributed by atoms with Gasteiger partial charge in [-0.15, -0.1) is 0 Å². The fourth-order valence-electron chi connectivity index (χ4n) is 1.71. The van der Waals surface area contributed by atoms with Crippen molar-refractivity contribution in [3.63, 3.8) is 0 Å². The maximum absolute atomic E-state index is 11.7. The second-order valence-corrected chi connectivity index (χ2v) is 5.75. The highest BCUT2D eigenvalue weighted by Gasteiger charge is 2.18. The zero-order valence-corrected chi connectivity index (χ0v) is 12.1. The molecule has 106 valence electrons. The minimum absolute atomic E-state index is 0.0333. The van der Waals surface area contributed by atoms with Crippen molar-refractivity contribution in [3.05, 3.63) is 29.3 Å². The van der Waals surface area contributed by atoms with Gasteiger partial charge in [0.2, 0.25) is 0 Å². The molecule has 0 spiro atoms. The first-order valence-corrected chi connectivity index (χ1v) is 6.72. The van der Waals surface area contributed by atoms with Gasteiger partial charge in [0, 0.05) is 23.9 Å². The van der Waals surface area contributed by atoms with Crippen molar-refractivity contribution in [2.24, 2.45) is 5.41 Å². The van der Waals surface area contributed by atoms with Crippen molar-refractivity contribution in [1.29, 1.82) is 0 Å². The van der Waals surface area contributed by atoms with E-state index >= 15 is 0 Å². The highest BCUT2D eigenvalue weighted by Crippen LogP contribution is 2.21. The lowest BCUT2D eigenvalue weighted by atomic mass is 9.88. The smallest absolute Gasteiger partial charge is 0.319 e. The zero-order valence-electron chi connectivity index (χ0n) is 11.4. The number of aliphatic hydroxyl groups excluding tert-OH is 1. The van der Waals surface area contributed by atoms with Crippen molar-refractivity contribution >= 4 is 23.3 Å². The van der Waals surface area contributed by atoms with Gasteiger partial charge in [0.05, 0.1) is 0 Å². The molecule has 5 heteroatoms. The highest BCUT2D eigenvalue weighted by atomic mass is 35.5. The summed E-state index contributed by atoms with van der Waals surface area (Å²) in [6, 6.07) is 6.76. The molecular formula is C14H21ClN2O2. The molecule has 0 saturated heterocycles. The number of benzene rings is 1. The number of hydrogen-bond acceptors (Lipinski definition) is 2. The first kappa shape index (κ1) is 15.8. The maximum atomic E-state index is 11.7. The molecule has 0 aliphatic carbocycles. The largest absolute Gasteiger partial charge is 0.396 e. The number of rotatable bonds is 6. The van der Waals surface area contributed by atoms with Gasteiger partial charge in [-0.05, 0) is 36.5 Å². The molecule has 0 unspecified atom stereocenters. The van der Waals surface area contributed by atoms with Gasteiger partial charge in [-0.3, -0.25) is 0 Å². The molecule has 2 amide bonds. The quantitative estimate of drug-likeness (QED) is 0.751. The van der Waals surface area contributed by atoms with Crippen LogP contribution >= 0.6 is 11.6 Å². The van der Waals surface area contributed by atoms with Gasteiger partial charge in [0.25, 0.3) is 0 Å². The summed E-state index contributed by atoms with van der Waals surface area (Å²) >= 11 is 5.84. The molecule has 0 saturated carbocycles. The molecule has 0 bridgehead atoms. The monoisotopic (exact) mass is 284 g/mol. The number of halogens is 1. The summed E-state index contributed by atoms with van der Waals surface area (Å²) in [6.07, 6.45) is 1.60. The standard InChI is InChI=1S/C14H21ClN2O2/c1-14(2,7-4-8-18)10-16-13(19)17-12-6-3-5-11(15)9-12/h3,5-6,9,18H,4,7-8,10H2,1-2H3,(H2,16,17,19). The van der Waals surface area contributed by atoms with E-state index in [1.54, 1.807) is 24.3 Å². The number of carbonyl (C=O) groups excluding carboxylic acids is 1. The van der Waals surface area contributed by atoms with E-state index in [1.807, 2.05) is 0 Å². The minimum atomic E-state index is -0.251. The zero-order chi connectivity index (χ0) is 14.3. The summed E-state index contributed by atoms with van der Waals surface area (Å²) in [5.41, 5.74) is 0.632. The molecule has 3 N–H and O–H groups in total. The van der Waals surface area contributed by atoms with Gasteiger partial charge in [-0.1, -0.05) is 31.5 Å². The molecule has 0 fully saturated rings. The van der Waals surface area contributed by atoms with Crippen LogP contribution in [0.1, 0.15) is 26.7 Å². The fourth-order valence-corrected chi connectivity index (χ4v) is 1.90. The van der Waals surface area contributed by atoms with Crippen LogP contribution in [-0.2, 0) is 0 Å². The lowest BCUT2D eigenvalue weighted by molar-refractivity contribution is 0.227.